The molecule has 0 atom stereocenters. The summed E-state index contributed by atoms with van der Waals surface area (Å²) in [4.78, 5) is 17.8. The molecule has 64 valence electrons. The largest absolute Gasteiger partial charge is 0.481 e. The Morgan fingerprint density at radius 2 is 1.75 bits per heavy atom. The second-order valence-electron chi connectivity index (χ2n) is 1.93. The average Bonchev–Trinajstić information content (AvgIpc) is 2.16. The van der Waals surface area contributed by atoms with Gasteiger partial charge in [-0.1, -0.05) is 0 Å². The van der Waals surface area contributed by atoms with Crippen LogP contribution in [0.25, 0.3) is 0 Å². The highest BCUT2D eigenvalue weighted by atomic mass is 16.5. The zero-order chi connectivity index (χ0) is 8.97. The molecule has 1 aromatic heterocycles. The molecule has 0 bridgehead atoms. The number of nitrogens with zero attached hydrogens (tertiary/aromatic N) is 2. The minimum absolute atomic E-state index is 0.0474. The molecule has 0 aliphatic heterocycles. The number of methoxy groups -OCH3 is 2. The van der Waals surface area contributed by atoms with E-state index in [1.54, 1.807) is 0 Å². The third kappa shape index (κ3) is 1.69. The van der Waals surface area contributed by atoms with E-state index >= 15 is 0 Å². The van der Waals surface area contributed by atoms with Crippen molar-refractivity contribution in [2.24, 2.45) is 0 Å². The van der Waals surface area contributed by atoms with Crippen molar-refractivity contribution in [2.45, 2.75) is 0 Å². The van der Waals surface area contributed by atoms with Crippen LogP contribution in [0.3, 0.4) is 0 Å². The molecule has 0 radical (unpaired) electrons. The molecule has 1 aromatic rings. The maximum atomic E-state index is 10.3. The number of aldehydes is 1. The molecule has 1 rings (SSSR count). The zero-order valence-corrected chi connectivity index (χ0v) is 6.77. The van der Waals surface area contributed by atoms with E-state index in [4.69, 9.17) is 9.47 Å². The van der Waals surface area contributed by atoms with E-state index in [-0.39, 0.29) is 5.82 Å². The number of carbonyl (C=O) groups excluding carboxylic acids is 1. The lowest BCUT2D eigenvalue weighted by atomic mass is 10.5. The summed E-state index contributed by atoms with van der Waals surface area (Å²) >= 11 is 0. The molecule has 0 aliphatic carbocycles. The first-order valence-corrected chi connectivity index (χ1v) is 3.22. The van der Waals surface area contributed by atoms with Crippen LogP contribution in [0.5, 0.6) is 11.8 Å². The molecule has 5 heteroatoms. The fraction of sp³-hybridized carbons (Fsp3) is 0.286. The van der Waals surface area contributed by atoms with Gasteiger partial charge in [-0.2, -0.15) is 9.97 Å². The number of hydrogen-bond donors (Lipinski definition) is 0. The van der Waals surface area contributed by atoms with Crippen LogP contribution in [0.1, 0.15) is 10.6 Å². The van der Waals surface area contributed by atoms with Crippen LogP contribution in [-0.4, -0.2) is 30.5 Å². The van der Waals surface area contributed by atoms with Gasteiger partial charge >= 0.3 is 0 Å². The third-order valence-electron chi connectivity index (χ3n) is 1.22. The smallest absolute Gasteiger partial charge is 0.220 e. The van der Waals surface area contributed by atoms with E-state index in [1.165, 1.54) is 20.3 Å². The van der Waals surface area contributed by atoms with Gasteiger partial charge in [0.15, 0.2) is 12.1 Å². The number of aromatic nitrogens is 2. The number of hydrogen-bond acceptors (Lipinski definition) is 5. The van der Waals surface area contributed by atoms with Crippen LogP contribution in [0.15, 0.2) is 6.07 Å². The van der Waals surface area contributed by atoms with Crippen LogP contribution >= 0.6 is 0 Å². The van der Waals surface area contributed by atoms with Gasteiger partial charge in [-0.25, -0.2) is 0 Å². The molecule has 5 nitrogen and oxygen atoms in total. The molecule has 0 fully saturated rings. The van der Waals surface area contributed by atoms with Crippen molar-refractivity contribution in [3.05, 3.63) is 11.9 Å². The summed E-state index contributed by atoms with van der Waals surface area (Å²) in [7, 11) is 2.91. The van der Waals surface area contributed by atoms with Gasteiger partial charge in [-0.15, -0.1) is 0 Å². The average molecular weight is 168 g/mol. The van der Waals surface area contributed by atoms with E-state index < -0.39 is 0 Å². The van der Waals surface area contributed by atoms with Crippen molar-refractivity contribution >= 4 is 6.29 Å². The molecular formula is C7H8N2O3. The van der Waals surface area contributed by atoms with Crippen molar-refractivity contribution < 1.29 is 14.3 Å². The minimum Gasteiger partial charge on any atom is -0.481 e. The fourth-order valence-electron chi connectivity index (χ4n) is 0.683. The van der Waals surface area contributed by atoms with Crippen LogP contribution in [0.4, 0.5) is 0 Å². The molecule has 0 aliphatic rings. The van der Waals surface area contributed by atoms with Gasteiger partial charge in [0.1, 0.15) is 0 Å². The van der Waals surface area contributed by atoms with E-state index in [9.17, 15) is 4.79 Å². The van der Waals surface area contributed by atoms with Gasteiger partial charge in [-0.3, -0.25) is 4.79 Å². The van der Waals surface area contributed by atoms with Crippen molar-refractivity contribution in [3.8, 4) is 11.8 Å². The number of rotatable bonds is 3. The number of carbonyl (C=O) groups is 1. The maximum absolute atomic E-state index is 10.3. The molecule has 0 saturated heterocycles. The summed E-state index contributed by atoms with van der Waals surface area (Å²) in [5, 5.41) is 0. The number of ether oxygens (including phenoxy) is 2. The summed E-state index contributed by atoms with van der Waals surface area (Å²) < 4.78 is 9.62. The highest BCUT2D eigenvalue weighted by molar-refractivity contribution is 5.69. The predicted molar refractivity (Wildman–Crippen MR) is 40.5 cm³/mol. The molecule has 0 unspecified atom stereocenters. The second-order valence-corrected chi connectivity index (χ2v) is 1.93. The monoisotopic (exact) mass is 168 g/mol. The van der Waals surface area contributed by atoms with E-state index in [1.807, 2.05) is 0 Å². The van der Waals surface area contributed by atoms with Gasteiger partial charge in [0.2, 0.25) is 11.8 Å². The van der Waals surface area contributed by atoms with Gasteiger partial charge in [0, 0.05) is 0 Å². The predicted octanol–water partition coefficient (Wildman–Crippen LogP) is 0.306. The van der Waals surface area contributed by atoms with Gasteiger partial charge in [0.25, 0.3) is 0 Å². The Hall–Kier alpha value is -1.65. The Bertz CT molecular complexity index is 266. The Labute approximate surface area is 69.4 Å². The first kappa shape index (κ1) is 8.45. The topological polar surface area (TPSA) is 61.3 Å². The van der Waals surface area contributed by atoms with Crippen LogP contribution in [0, 0.1) is 0 Å². The van der Waals surface area contributed by atoms with E-state index in [2.05, 4.69) is 9.97 Å². The van der Waals surface area contributed by atoms with Gasteiger partial charge in [-0.05, 0) is 0 Å². The Morgan fingerprint density at radius 1 is 1.25 bits per heavy atom. The molecule has 1 heterocycles. The fourth-order valence-corrected chi connectivity index (χ4v) is 0.683. The lowest BCUT2D eigenvalue weighted by Gasteiger charge is -2.01. The molecule has 0 amide bonds. The molecule has 0 aromatic carbocycles. The summed E-state index contributed by atoms with van der Waals surface area (Å²) in [5.41, 5.74) is 0. The normalized spacial score (nSPS) is 9.17. The first-order valence-electron chi connectivity index (χ1n) is 3.22. The summed E-state index contributed by atoms with van der Waals surface area (Å²) in [6.45, 7) is 0. The van der Waals surface area contributed by atoms with Crippen molar-refractivity contribution in [3.63, 3.8) is 0 Å². The molecule has 0 N–H and O–H groups in total. The van der Waals surface area contributed by atoms with Crippen LogP contribution < -0.4 is 9.47 Å². The van der Waals surface area contributed by atoms with Crippen LogP contribution in [0.2, 0.25) is 0 Å². The van der Waals surface area contributed by atoms with Gasteiger partial charge < -0.3 is 9.47 Å². The van der Waals surface area contributed by atoms with Crippen LogP contribution in [-0.2, 0) is 0 Å². The Kier molecular flexibility index (Phi) is 2.57. The molecular weight excluding hydrogens is 160 g/mol. The zero-order valence-electron chi connectivity index (χ0n) is 6.77. The highest BCUT2D eigenvalue weighted by Crippen LogP contribution is 2.13. The lowest BCUT2D eigenvalue weighted by molar-refractivity contribution is 0.111. The summed E-state index contributed by atoms with van der Waals surface area (Å²) in [6.07, 6.45) is 0.533. The molecule has 12 heavy (non-hydrogen) atoms. The SMILES string of the molecule is COc1cc(OC)nc(C=O)n1. The second kappa shape index (κ2) is 3.66. The third-order valence-corrected chi connectivity index (χ3v) is 1.22. The Morgan fingerprint density at radius 3 is 2.08 bits per heavy atom. The van der Waals surface area contributed by atoms with Gasteiger partial charge in [0.05, 0.1) is 20.3 Å². The lowest BCUT2D eigenvalue weighted by Crippen LogP contribution is -1.98. The first-order chi connectivity index (χ1) is 5.80. The van der Waals surface area contributed by atoms with E-state index in [0.717, 1.165) is 0 Å². The highest BCUT2D eigenvalue weighted by Gasteiger charge is 2.02. The van der Waals surface area contributed by atoms with Crippen molar-refractivity contribution in [1.82, 2.24) is 9.97 Å². The Balaban J connectivity index is 3.09. The molecule has 0 saturated carbocycles. The molecule has 0 spiro atoms. The van der Waals surface area contributed by atoms with Crippen molar-refractivity contribution in [2.75, 3.05) is 14.2 Å². The summed E-state index contributed by atoms with van der Waals surface area (Å²) in [6, 6.07) is 1.49. The van der Waals surface area contributed by atoms with Crippen molar-refractivity contribution in [1.29, 1.82) is 0 Å². The maximum Gasteiger partial charge on any atom is 0.220 e. The standard InChI is InChI=1S/C7H8N2O3/c1-11-6-3-7(12-2)9-5(4-10)8-6/h3-4H,1-2H3. The minimum atomic E-state index is 0.0474. The van der Waals surface area contributed by atoms with E-state index in [0.29, 0.717) is 18.0 Å². The summed E-state index contributed by atoms with van der Waals surface area (Å²) in [5.74, 6) is 0.666. The quantitative estimate of drug-likeness (QED) is 0.607.